The molecule has 0 aliphatic heterocycles. The maximum absolute atomic E-state index is 12.9. The molecule has 3 rings (SSSR count). The minimum absolute atomic E-state index is 0.107. The molecule has 1 heterocycles. The van der Waals surface area contributed by atoms with Crippen LogP contribution in [0.2, 0.25) is 0 Å². The second-order valence-electron chi connectivity index (χ2n) is 7.65. The van der Waals surface area contributed by atoms with Crippen LogP contribution in [0, 0.1) is 6.92 Å². The van der Waals surface area contributed by atoms with Crippen LogP contribution in [0.1, 0.15) is 49.2 Å². The highest BCUT2D eigenvalue weighted by Crippen LogP contribution is 2.23. The number of hydrogen-bond acceptors (Lipinski definition) is 5. The third kappa shape index (κ3) is 5.76. The zero-order chi connectivity index (χ0) is 23.1. The molecule has 0 aliphatic rings. The molecule has 168 valence electrons. The van der Waals surface area contributed by atoms with Gasteiger partial charge in [0, 0.05) is 16.8 Å². The third-order valence-corrected chi connectivity index (χ3v) is 6.17. The quantitative estimate of drug-likeness (QED) is 0.308. The molecule has 0 radical (unpaired) electrons. The summed E-state index contributed by atoms with van der Waals surface area (Å²) in [5, 5.41) is 4.78. The molecule has 2 N–H and O–H groups in total. The summed E-state index contributed by atoms with van der Waals surface area (Å²) >= 11 is 1.40. The van der Waals surface area contributed by atoms with Gasteiger partial charge < -0.3 is 0 Å². The summed E-state index contributed by atoms with van der Waals surface area (Å²) in [4.78, 5) is 39.1. The highest BCUT2D eigenvalue weighted by Gasteiger charge is 2.19. The van der Waals surface area contributed by atoms with Crippen LogP contribution in [0.15, 0.2) is 58.2 Å². The van der Waals surface area contributed by atoms with E-state index >= 15 is 0 Å². The van der Waals surface area contributed by atoms with Crippen LogP contribution < -0.4 is 16.4 Å². The van der Waals surface area contributed by atoms with Gasteiger partial charge in [-0.1, -0.05) is 55.7 Å². The van der Waals surface area contributed by atoms with Crippen molar-refractivity contribution >= 4 is 34.3 Å². The summed E-state index contributed by atoms with van der Waals surface area (Å²) in [5.41, 5.74) is 5.96. The zero-order valence-electron chi connectivity index (χ0n) is 18.6. The van der Waals surface area contributed by atoms with E-state index in [0.29, 0.717) is 17.3 Å². The molecule has 0 spiro atoms. The summed E-state index contributed by atoms with van der Waals surface area (Å²) in [6.07, 6.45) is 2.78. The van der Waals surface area contributed by atoms with Crippen LogP contribution in [0.4, 0.5) is 0 Å². The Morgan fingerprint density at radius 1 is 1.03 bits per heavy atom. The Morgan fingerprint density at radius 3 is 2.41 bits per heavy atom. The van der Waals surface area contributed by atoms with E-state index in [1.54, 1.807) is 31.2 Å². The molecule has 2 aromatic carbocycles. The molecule has 32 heavy (non-hydrogen) atoms. The van der Waals surface area contributed by atoms with E-state index in [9.17, 15) is 14.4 Å². The Bertz CT molecular complexity index is 1160. The normalized spacial score (nSPS) is 11.8. The van der Waals surface area contributed by atoms with Crippen molar-refractivity contribution in [3.8, 4) is 0 Å². The number of hydrazine groups is 1. The third-order valence-electron chi connectivity index (χ3n) is 5.06. The number of aryl methyl sites for hydroxylation is 2. The Balaban J connectivity index is 1.73. The van der Waals surface area contributed by atoms with E-state index in [0.717, 1.165) is 29.7 Å². The van der Waals surface area contributed by atoms with Crippen molar-refractivity contribution in [1.29, 1.82) is 0 Å². The molecule has 1 unspecified atom stereocenters. The fourth-order valence-corrected chi connectivity index (χ4v) is 4.09. The lowest BCUT2D eigenvalue weighted by Gasteiger charge is -2.14. The van der Waals surface area contributed by atoms with Gasteiger partial charge in [-0.2, -0.15) is 5.10 Å². The number of nitrogens with zero attached hydrogens (tertiary/aromatic N) is 2. The maximum atomic E-state index is 12.9. The average molecular weight is 453 g/mol. The predicted molar refractivity (Wildman–Crippen MR) is 128 cm³/mol. The zero-order valence-corrected chi connectivity index (χ0v) is 19.4. The topological polar surface area (TPSA) is 93.1 Å². The molecule has 2 amide bonds. The summed E-state index contributed by atoms with van der Waals surface area (Å²) < 4.78 is 1.34. The van der Waals surface area contributed by atoms with Gasteiger partial charge in [-0.25, -0.2) is 4.68 Å². The summed E-state index contributed by atoms with van der Waals surface area (Å²) in [7, 11) is 0. The number of carbonyl (C=O) groups is 2. The molecule has 7 nitrogen and oxygen atoms in total. The van der Waals surface area contributed by atoms with Crippen molar-refractivity contribution in [2.45, 2.75) is 56.7 Å². The highest BCUT2D eigenvalue weighted by molar-refractivity contribution is 8.00. The first kappa shape index (κ1) is 23.5. The number of fused-ring (bicyclic) bond motifs is 1. The summed E-state index contributed by atoms with van der Waals surface area (Å²) in [6, 6.07) is 14.8. The van der Waals surface area contributed by atoms with Crippen molar-refractivity contribution in [3.63, 3.8) is 0 Å². The van der Waals surface area contributed by atoms with Gasteiger partial charge in [0.05, 0.1) is 10.6 Å². The number of benzene rings is 2. The maximum Gasteiger partial charge on any atom is 0.290 e. The van der Waals surface area contributed by atoms with Crippen molar-refractivity contribution in [3.05, 3.63) is 70.1 Å². The Kier molecular flexibility index (Phi) is 8.05. The molecule has 0 aliphatic carbocycles. The van der Waals surface area contributed by atoms with Gasteiger partial charge in [0.2, 0.25) is 0 Å². The van der Waals surface area contributed by atoms with E-state index < -0.39 is 11.2 Å². The van der Waals surface area contributed by atoms with Crippen LogP contribution in [-0.2, 0) is 11.3 Å². The molecule has 0 fully saturated rings. The Labute approximate surface area is 191 Å². The van der Waals surface area contributed by atoms with Crippen molar-refractivity contribution in [2.75, 3.05) is 0 Å². The molecule has 1 atom stereocenters. The first-order valence-corrected chi connectivity index (χ1v) is 11.6. The van der Waals surface area contributed by atoms with Gasteiger partial charge in [-0.3, -0.25) is 25.2 Å². The number of aromatic nitrogens is 2. The lowest BCUT2D eigenvalue weighted by molar-refractivity contribution is -0.121. The minimum atomic E-state index is -0.564. The number of unbranched alkanes of at least 4 members (excludes halogenated alkanes) is 2. The number of carbonyl (C=O) groups excluding carboxylic acids is 2. The average Bonchev–Trinajstić information content (AvgIpc) is 2.80. The fraction of sp³-hybridized carbons (Fsp3) is 0.333. The molecular weight excluding hydrogens is 424 g/mol. The van der Waals surface area contributed by atoms with Crippen LogP contribution >= 0.6 is 11.8 Å². The number of thioether (sulfide) groups is 1. The van der Waals surface area contributed by atoms with Crippen LogP contribution in [-0.4, -0.2) is 26.8 Å². The first-order chi connectivity index (χ1) is 15.4. The predicted octanol–water partition coefficient (Wildman–Crippen LogP) is 3.84. The highest BCUT2D eigenvalue weighted by atomic mass is 32.2. The SMILES string of the molecule is CCCCCn1nc(C(=O)NNC(=O)C(C)Sc2ccc(C)cc2)c2ccccc2c1=O. The van der Waals surface area contributed by atoms with Gasteiger partial charge >= 0.3 is 0 Å². The molecule has 3 aromatic rings. The van der Waals surface area contributed by atoms with E-state index in [4.69, 9.17) is 0 Å². The first-order valence-electron chi connectivity index (χ1n) is 10.7. The molecule has 1 aromatic heterocycles. The van der Waals surface area contributed by atoms with Gasteiger partial charge in [0.25, 0.3) is 17.4 Å². The molecule has 8 heteroatoms. The Hall–Kier alpha value is -3.13. The molecule has 0 saturated heterocycles. The van der Waals surface area contributed by atoms with Crippen molar-refractivity contribution in [1.82, 2.24) is 20.6 Å². The van der Waals surface area contributed by atoms with Crippen molar-refractivity contribution in [2.24, 2.45) is 0 Å². The summed E-state index contributed by atoms with van der Waals surface area (Å²) in [6.45, 7) is 6.29. The fourth-order valence-electron chi connectivity index (χ4n) is 3.22. The van der Waals surface area contributed by atoms with Crippen LogP contribution in [0.3, 0.4) is 0 Å². The van der Waals surface area contributed by atoms with Gasteiger partial charge in [0.1, 0.15) is 0 Å². The molecule has 0 bridgehead atoms. The number of nitrogens with one attached hydrogen (secondary N) is 2. The van der Waals surface area contributed by atoms with E-state index in [2.05, 4.69) is 22.9 Å². The Morgan fingerprint density at radius 2 is 1.72 bits per heavy atom. The van der Waals surface area contributed by atoms with Gasteiger partial charge in [-0.05, 0) is 38.5 Å². The summed E-state index contributed by atoms with van der Waals surface area (Å²) in [5.74, 6) is -0.893. The number of rotatable bonds is 8. The monoisotopic (exact) mass is 452 g/mol. The molecule has 0 saturated carbocycles. The van der Waals surface area contributed by atoms with Crippen molar-refractivity contribution < 1.29 is 9.59 Å². The lowest BCUT2D eigenvalue weighted by Crippen LogP contribution is -2.45. The minimum Gasteiger partial charge on any atom is -0.272 e. The van der Waals surface area contributed by atoms with E-state index in [1.165, 1.54) is 16.4 Å². The standard InChI is InChI=1S/C24H28N4O3S/c1-4-5-8-15-28-24(31)20-10-7-6-9-19(20)21(27-28)23(30)26-25-22(29)17(3)32-18-13-11-16(2)12-14-18/h6-7,9-14,17H,4-5,8,15H2,1-3H3,(H,25,29)(H,26,30). The second kappa shape index (κ2) is 10.9. The number of amides is 2. The van der Waals surface area contributed by atoms with Crippen LogP contribution in [0.5, 0.6) is 0 Å². The smallest absolute Gasteiger partial charge is 0.272 e. The van der Waals surface area contributed by atoms with E-state index in [1.807, 2.05) is 31.2 Å². The molecular formula is C24H28N4O3S. The van der Waals surface area contributed by atoms with Crippen LogP contribution in [0.25, 0.3) is 10.8 Å². The van der Waals surface area contributed by atoms with Gasteiger partial charge in [0.15, 0.2) is 5.69 Å². The van der Waals surface area contributed by atoms with E-state index in [-0.39, 0.29) is 17.2 Å². The number of hydrogen-bond donors (Lipinski definition) is 2. The lowest BCUT2D eigenvalue weighted by atomic mass is 10.1. The largest absolute Gasteiger partial charge is 0.290 e. The van der Waals surface area contributed by atoms with Gasteiger partial charge in [-0.15, -0.1) is 11.8 Å². The second-order valence-corrected chi connectivity index (χ2v) is 9.06.